The monoisotopic (exact) mass is 227 g/mol. The van der Waals surface area contributed by atoms with Crippen LogP contribution in [0.4, 0.5) is 4.79 Å². The van der Waals surface area contributed by atoms with Gasteiger partial charge in [-0.15, -0.1) is 0 Å². The first-order chi connectivity index (χ1) is 7.37. The second-order valence-electron chi connectivity index (χ2n) is 5.93. The minimum atomic E-state index is -0.460. The zero-order chi connectivity index (χ0) is 11.9. The van der Waals surface area contributed by atoms with E-state index in [-0.39, 0.29) is 18.2 Å². The third-order valence-electron chi connectivity index (χ3n) is 3.12. The number of β-amino-alcohol motifs (C(OH)–C–C–N with tert-alkyl or cyclic N) is 1. The summed E-state index contributed by atoms with van der Waals surface area (Å²) in [5.74, 6) is 0.588. The van der Waals surface area contributed by atoms with Crippen molar-refractivity contribution in [3.8, 4) is 0 Å². The molecule has 0 aromatic heterocycles. The molecule has 2 fully saturated rings. The van der Waals surface area contributed by atoms with Crippen molar-refractivity contribution in [1.82, 2.24) is 4.90 Å². The maximum atomic E-state index is 11.9. The zero-order valence-electron chi connectivity index (χ0n) is 10.3. The van der Waals surface area contributed by atoms with Crippen molar-refractivity contribution >= 4 is 6.09 Å². The van der Waals surface area contributed by atoms with Crippen LogP contribution in [0.3, 0.4) is 0 Å². The van der Waals surface area contributed by atoms with Crippen LogP contribution in [0.25, 0.3) is 0 Å². The third-order valence-corrected chi connectivity index (χ3v) is 3.12. The molecule has 1 aliphatic heterocycles. The Morgan fingerprint density at radius 2 is 2.00 bits per heavy atom. The fourth-order valence-electron chi connectivity index (χ4n) is 2.30. The molecule has 0 unspecified atom stereocenters. The highest BCUT2D eigenvalue weighted by Gasteiger charge is 2.44. The molecule has 2 rings (SSSR count). The zero-order valence-corrected chi connectivity index (χ0v) is 10.3. The Hall–Kier alpha value is -0.770. The lowest BCUT2D eigenvalue weighted by Gasteiger charge is -2.28. The molecule has 1 saturated heterocycles. The molecular formula is C12H21NO3. The molecular weight excluding hydrogens is 206 g/mol. The molecule has 0 aromatic carbocycles. The molecule has 1 N–H and O–H groups in total. The number of rotatable bonds is 1. The van der Waals surface area contributed by atoms with Gasteiger partial charge in [-0.1, -0.05) is 0 Å². The van der Waals surface area contributed by atoms with Gasteiger partial charge in [0.2, 0.25) is 0 Å². The van der Waals surface area contributed by atoms with Crippen LogP contribution in [0.2, 0.25) is 0 Å². The molecule has 0 spiro atoms. The van der Waals surface area contributed by atoms with Crippen LogP contribution in [0, 0.1) is 5.92 Å². The quantitative estimate of drug-likeness (QED) is 0.742. The van der Waals surface area contributed by atoms with Gasteiger partial charge in [0.15, 0.2) is 0 Å². The predicted molar refractivity (Wildman–Crippen MR) is 60.1 cm³/mol. The van der Waals surface area contributed by atoms with Crippen LogP contribution < -0.4 is 0 Å². The molecule has 2 atom stereocenters. The molecule has 1 saturated carbocycles. The number of carbonyl (C=O) groups excluding carboxylic acids is 1. The highest BCUT2D eigenvalue weighted by atomic mass is 16.6. The Morgan fingerprint density at radius 3 is 2.50 bits per heavy atom. The summed E-state index contributed by atoms with van der Waals surface area (Å²) in [4.78, 5) is 13.7. The minimum absolute atomic E-state index is 0.199. The van der Waals surface area contributed by atoms with Gasteiger partial charge in [-0.25, -0.2) is 4.79 Å². The topological polar surface area (TPSA) is 49.8 Å². The molecule has 16 heavy (non-hydrogen) atoms. The first kappa shape index (κ1) is 11.7. The lowest BCUT2D eigenvalue weighted by molar-refractivity contribution is 0.0193. The maximum absolute atomic E-state index is 11.9. The number of nitrogens with zero attached hydrogens (tertiary/aromatic N) is 1. The summed E-state index contributed by atoms with van der Waals surface area (Å²) >= 11 is 0. The number of hydrogen-bond acceptors (Lipinski definition) is 3. The Balaban J connectivity index is 1.98. The molecule has 0 bridgehead atoms. The Kier molecular flexibility index (Phi) is 2.86. The van der Waals surface area contributed by atoms with Gasteiger partial charge in [-0.3, -0.25) is 0 Å². The van der Waals surface area contributed by atoms with Gasteiger partial charge in [0.05, 0.1) is 12.6 Å². The summed E-state index contributed by atoms with van der Waals surface area (Å²) in [5, 5.41) is 9.64. The SMILES string of the molecule is CC(C)(C)OC(=O)N1C[C@H](O)C[C@@H]1C1CC1. The Bertz CT molecular complexity index is 280. The minimum Gasteiger partial charge on any atom is -0.444 e. The van der Waals surface area contributed by atoms with Gasteiger partial charge in [0.1, 0.15) is 5.60 Å². The van der Waals surface area contributed by atoms with Crippen LogP contribution in [-0.4, -0.2) is 40.4 Å². The summed E-state index contributed by atoms with van der Waals surface area (Å²) in [6, 6.07) is 0.199. The van der Waals surface area contributed by atoms with Crippen LogP contribution in [-0.2, 0) is 4.74 Å². The van der Waals surface area contributed by atoms with Crippen molar-refractivity contribution in [2.24, 2.45) is 5.92 Å². The molecule has 92 valence electrons. The van der Waals surface area contributed by atoms with E-state index in [4.69, 9.17) is 4.74 Å². The molecule has 2 aliphatic rings. The second kappa shape index (κ2) is 3.91. The first-order valence-electron chi connectivity index (χ1n) is 6.04. The first-order valence-corrected chi connectivity index (χ1v) is 6.04. The summed E-state index contributed by atoms with van der Waals surface area (Å²) in [7, 11) is 0. The van der Waals surface area contributed by atoms with Gasteiger partial charge in [-0.2, -0.15) is 0 Å². The Labute approximate surface area is 96.6 Å². The molecule has 1 aliphatic carbocycles. The highest BCUT2D eigenvalue weighted by molar-refractivity contribution is 5.69. The van der Waals surface area contributed by atoms with E-state index in [1.54, 1.807) is 4.90 Å². The van der Waals surface area contributed by atoms with E-state index in [2.05, 4.69) is 0 Å². The molecule has 0 aromatic rings. The fraction of sp³-hybridized carbons (Fsp3) is 0.917. The van der Waals surface area contributed by atoms with Crippen molar-refractivity contribution in [3.63, 3.8) is 0 Å². The molecule has 4 nitrogen and oxygen atoms in total. The number of likely N-dealkylation sites (tertiary alicyclic amines) is 1. The number of carbonyl (C=O) groups is 1. The average molecular weight is 227 g/mol. The smallest absolute Gasteiger partial charge is 0.410 e. The Morgan fingerprint density at radius 1 is 1.38 bits per heavy atom. The summed E-state index contributed by atoms with van der Waals surface area (Å²) in [6.07, 6.45) is 2.41. The number of aliphatic hydroxyl groups excluding tert-OH is 1. The lowest BCUT2D eigenvalue weighted by Crippen LogP contribution is -2.41. The van der Waals surface area contributed by atoms with E-state index in [9.17, 15) is 9.90 Å². The normalized spacial score (nSPS) is 30.6. The van der Waals surface area contributed by atoms with Crippen LogP contribution in [0.5, 0.6) is 0 Å². The second-order valence-corrected chi connectivity index (χ2v) is 5.93. The average Bonchev–Trinajstić information content (AvgIpc) is 2.87. The molecule has 1 heterocycles. The number of aliphatic hydroxyl groups is 1. The van der Waals surface area contributed by atoms with Crippen LogP contribution >= 0.6 is 0 Å². The fourth-order valence-corrected chi connectivity index (χ4v) is 2.30. The van der Waals surface area contributed by atoms with Gasteiger partial charge < -0.3 is 14.7 Å². The van der Waals surface area contributed by atoms with Crippen molar-refractivity contribution in [3.05, 3.63) is 0 Å². The van der Waals surface area contributed by atoms with Gasteiger partial charge in [0.25, 0.3) is 0 Å². The van der Waals surface area contributed by atoms with E-state index < -0.39 is 5.60 Å². The number of hydrogen-bond donors (Lipinski definition) is 1. The summed E-state index contributed by atoms with van der Waals surface area (Å²) in [5.41, 5.74) is -0.460. The number of amides is 1. The van der Waals surface area contributed by atoms with E-state index in [0.29, 0.717) is 18.9 Å². The van der Waals surface area contributed by atoms with E-state index in [0.717, 1.165) is 0 Å². The van der Waals surface area contributed by atoms with E-state index in [1.807, 2.05) is 20.8 Å². The maximum Gasteiger partial charge on any atom is 0.410 e. The van der Waals surface area contributed by atoms with Crippen LogP contribution in [0.15, 0.2) is 0 Å². The number of ether oxygens (including phenoxy) is 1. The van der Waals surface area contributed by atoms with Crippen molar-refractivity contribution < 1.29 is 14.6 Å². The van der Waals surface area contributed by atoms with Crippen molar-refractivity contribution in [2.75, 3.05) is 6.54 Å². The standard InChI is InChI=1S/C12H21NO3/c1-12(2,3)16-11(15)13-7-9(14)6-10(13)8-4-5-8/h8-10,14H,4-7H2,1-3H3/t9-,10-/m1/s1. The third kappa shape index (κ3) is 2.67. The van der Waals surface area contributed by atoms with E-state index in [1.165, 1.54) is 12.8 Å². The lowest BCUT2D eigenvalue weighted by atomic mass is 10.1. The summed E-state index contributed by atoms with van der Waals surface area (Å²) in [6.45, 7) is 6.02. The van der Waals surface area contributed by atoms with Crippen molar-refractivity contribution in [2.45, 2.75) is 57.8 Å². The van der Waals surface area contributed by atoms with E-state index >= 15 is 0 Å². The molecule has 1 amide bonds. The van der Waals surface area contributed by atoms with Gasteiger partial charge in [-0.05, 0) is 46.0 Å². The molecule has 4 heteroatoms. The van der Waals surface area contributed by atoms with Crippen LogP contribution in [0.1, 0.15) is 40.0 Å². The molecule has 0 radical (unpaired) electrons. The van der Waals surface area contributed by atoms with Gasteiger partial charge in [0, 0.05) is 6.04 Å². The van der Waals surface area contributed by atoms with Crippen molar-refractivity contribution in [1.29, 1.82) is 0 Å². The summed E-state index contributed by atoms with van der Waals surface area (Å²) < 4.78 is 5.35. The predicted octanol–water partition coefficient (Wildman–Crippen LogP) is 1.77. The largest absolute Gasteiger partial charge is 0.444 e. The van der Waals surface area contributed by atoms with Gasteiger partial charge >= 0.3 is 6.09 Å². The highest BCUT2D eigenvalue weighted by Crippen LogP contribution is 2.40.